The fourth-order valence-electron chi connectivity index (χ4n) is 1.13. The van der Waals surface area contributed by atoms with Crippen LogP contribution in [-0.4, -0.2) is 25.6 Å². The van der Waals surface area contributed by atoms with Gasteiger partial charge in [-0.2, -0.15) is 0 Å². The maximum atomic E-state index is 10.8. The molecule has 0 atom stereocenters. The Morgan fingerprint density at radius 1 is 1.43 bits per heavy atom. The van der Waals surface area contributed by atoms with Crippen molar-refractivity contribution in [2.45, 2.75) is 0 Å². The predicted octanol–water partition coefficient (Wildman–Crippen LogP) is 0.965. The van der Waals surface area contributed by atoms with Gasteiger partial charge in [-0.1, -0.05) is 6.07 Å². The molecule has 0 saturated heterocycles. The Kier molecular flexibility index (Phi) is 1.98. The highest BCUT2D eigenvalue weighted by atomic mass is 16.4. The Morgan fingerprint density at radius 2 is 2.29 bits per heavy atom. The molecule has 0 aliphatic carbocycles. The number of hydrogen-bond donors (Lipinski definition) is 1. The molecule has 0 radical (unpaired) electrons. The van der Waals surface area contributed by atoms with E-state index in [1.165, 1.54) is 17.1 Å². The summed E-state index contributed by atoms with van der Waals surface area (Å²) in [6, 6.07) is 5.27. The Bertz CT molecular complexity index is 450. The Hall–Kier alpha value is -2.17. The molecule has 5 heteroatoms. The molecule has 0 bridgehead atoms. The average Bonchev–Trinajstić information content (AvgIpc) is 2.67. The topological polar surface area (TPSA) is 68.0 Å². The van der Waals surface area contributed by atoms with Gasteiger partial charge >= 0.3 is 5.97 Å². The number of carbonyl (C=O) groups is 1. The molecule has 0 saturated carbocycles. The Morgan fingerprint density at radius 3 is 2.93 bits per heavy atom. The molecule has 2 heterocycles. The number of nitrogens with zero attached hydrogens (tertiary/aromatic N) is 3. The van der Waals surface area contributed by atoms with Gasteiger partial charge in [0.1, 0.15) is 12.1 Å². The van der Waals surface area contributed by atoms with Crippen LogP contribution in [0.25, 0.3) is 5.82 Å². The predicted molar refractivity (Wildman–Crippen MR) is 48.3 cm³/mol. The summed E-state index contributed by atoms with van der Waals surface area (Å²) in [5, 5.41) is 8.83. The number of aromatic carboxylic acids is 1. The van der Waals surface area contributed by atoms with Crippen LogP contribution in [0.2, 0.25) is 0 Å². The minimum Gasteiger partial charge on any atom is -0.477 e. The highest BCUT2D eigenvalue weighted by Gasteiger charge is 2.10. The fraction of sp³-hybridized carbons (Fsp3) is 0. The summed E-state index contributed by atoms with van der Waals surface area (Å²) >= 11 is 0. The summed E-state index contributed by atoms with van der Waals surface area (Å²) in [6.07, 6.45) is 4.31. The highest BCUT2D eigenvalue weighted by Crippen LogP contribution is 2.07. The minimum absolute atomic E-state index is 0.101. The lowest BCUT2D eigenvalue weighted by atomic mass is 10.4. The first-order chi connectivity index (χ1) is 6.79. The van der Waals surface area contributed by atoms with Gasteiger partial charge in [0.25, 0.3) is 0 Å². The van der Waals surface area contributed by atoms with Crippen LogP contribution in [0.5, 0.6) is 0 Å². The lowest BCUT2D eigenvalue weighted by Gasteiger charge is -2.02. The van der Waals surface area contributed by atoms with Crippen molar-refractivity contribution in [3.8, 4) is 5.82 Å². The van der Waals surface area contributed by atoms with Crippen LogP contribution in [0.1, 0.15) is 10.5 Å². The lowest BCUT2D eigenvalue weighted by molar-refractivity contribution is 0.0688. The molecular weight excluding hydrogens is 182 g/mol. The second-order valence-electron chi connectivity index (χ2n) is 2.64. The van der Waals surface area contributed by atoms with E-state index in [2.05, 4.69) is 9.97 Å². The van der Waals surface area contributed by atoms with Crippen molar-refractivity contribution in [1.29, 1.82) is 0 Å². The zero-order chi connectivity index (χ0) is 9.97. The fourth-order valence-corrected chi connectivity index (χ4v) is 1.13. The molecule has 0 unspecified atom stereocenters. The van der Waals surface area contributed by atoms with E-state index in [4.69, 9.17) is 5.11 Å². The molecule has 0 spiro atoms. The number of carboxylic acid groups (broad SMARTS) is 1. The summed E-state index contributed by atoms with van der Waals surface area (Å²) in [6.45, 7) is 0. The quantitative estimate of drug-likeness (QED) is 0.764. The largest absolute Gasteiger partial charge is 0.477 e. The maximum absolute atomic E-state index is 10.8. The standard InChI is InChI=1S/C9H7N3O2/c13-9(14)7-5-10-6-12(7)8-3-1-2-4-11-8/h1-6H,(H,13,14). The lowest BCUT2D eigenvalue weighted by Crippen LogP contribution is -2.06. The van der Waals surface area contributed by atoms with E-state index >= 15 is 0 Å². The van der Waals surface area contributed by atoms with Crippen LogP contribution in [0.15, 0.2) is 36.9 Å². The second-order valence-corrected chi connectivity index (χ2v) is 2.64. The van der Waals surface area contributed by atoms with E-state index in [9.17, 15) is 4.79 Å². The number of carboxylic acids is 1. The molecule has 14 heavy (non-hydrogen) atoms. The zero-order valence-corrected chi connectivity index (χ0v) is 7.16. The van der Waals surface area contributed by atoms with Crippen LogP contribution in [0, 0.1) is 0 Å². The molecule has 5 nitrogen and oxygen atoms in total. The third-order valence-electron chi connectivity index (χ3n) is 1.75. The van der Waals surface area contributed by atoms with Crippen molar-refractivity contribution in [2.75, 3.05) is 0 Å². The van der Waals surface area contributed by atoms with E-state index in [0.29, 0.717) is 5.82 Å². The van der Waals surface area contributed by atoms with Gasteiger partial charge in [0.2, 0.25) is 0 Å². The summed E-state index contributed by atoms with van der Waals surface area (Å²) in [4.78, 5) is 18.6. The monoisotopic (exact) mass is 189 g/mol. The summed E-state index contributed by atoms with van der Waals surface area (Å²) in [5.41, 5.74) is 0.101. The number of aromatic nitrogens is 3. The smallest absolute Gasteiger partial charge is 0.354 e. The molecule has 0 fully saturated rings. The van der Waals surface area contributed by atoms with Crippen molar-refractivity contribution in [3.05, 3.63) is 42.6 Å². The molecule has 0 amide bonds. The molecule has 0 aliphatic heterocycles. The zero-order valence-electron chi connectivity index (χ0n) is 7.16. The molecule has 0 aromatic carbocycles. The van der Waals surface area contributed by atoms with Crippen molar-refractivity contribution in [1.82, 2.24) is 14.5 Å². The molecule has 70 valence electrons. The third-order valence-corrected chi connectivity index (χ3v) is 1.75. The van der Waals surface area contributed by atoms with Gasteiger partial charge in [-0.3, -0.25) is 4.57 Å². The number of pyridine rings is 1. The SMILES string of the molecule is O=C(O)c1cncn1-c1ccccn1. The van der Waals surface area contributed by atoms with E-state index in [0.717, 1.165) is 0 Å². The minimum atomic E-state index is -1.02. The first-order valence-corrected chi connectivity index (χ1v) is 3.96. The molecule has 2 aromatic heterocycles. The van der Waals surface area contributed by atoms with Gasteiger partial charge < -0.3 is 5.11 Å². The van der Waals surface area contributed by atoms with Crippen LogP contribution in [0.4, 0.5) is 0 Å². The van der Waals surface area contributed by atoms with E-state index in [-0.39, 0.29) is 5.69 Å². The number of rotatable bonds is 2. The van der Waals surface area contributed by atoms with Gasteiger partial charge in [-0.25, -0.2) is 14.8 Å². The Balaban J connectivity index is 2.52. The summed E-state index contributed by atoms with van der Waals surface area (Å²) < 4.78 is 1.42. The summed E-state index contributed by atoms with van der Waals surface area (Å²) in [5.74, 6) is -0.476. The van der Waals surface area contributed by atoms with Crippen molar-refractivity contribution in [3.63, 3.8) is 0 Å². The maximum Gasteiger partial charge on any atom is 0.354 e. The van der Waals surface area contributed by atoms with E-state index < -0.39 is 5.97 Å². The van der Waals surface area contributed by atoms with Gasteiger partial charge in [0.05, 0.1) is 6.20 Å². The molecule has 2 rings (SSSR count). The van der Waals surface area contributed by atoms with Crippen molar-refractivity contribution < 1.29 is 9.90 Å². The molecule has 0 aliphatic rings. The van der Waals surface area contributed by atoms with Gasteiger partial charge in [-0.05, 0) is 12.1 Å². The molecule has 2 aromatic rings. The third kappa shape index (κ3) is 1.35. The Labute approximate surface area is 79.7 Å². The van der Waals surface area contributed by atoms with Gasteiger partial charge in [0, 0.05) is 6.20 Å². The number of imidazole rings is 1. The van der Waals surface area contributed by atoms with Crippen LogP contribution < -0.4 is 0 Å². The number of hydrogen-bond acceptors (Lipinski definition) is 3. The normalized spacial score (nSPS) is 10.0. The first kappa shape index (κ1) is 8.43. The van der Waals surface area contributed by atoms with Crippen molar-refractivity contribution >= 4 is 5.97 Å². The van der Waals surface area contributed by atoms with Gasteiger partial charge in [-0.15, -0.1) is 0 Å². The van der Waals surface area contributed by atoms with E-state index in [1.54, 1.807) is 24.4 Å². The van der Waals surface area contributed by atoms with Gasteiger partial charge in [0.15, 0.2) is 5.69 Å². The average molecular weight is 189 g/mol. The second kappa shape index (κ2) is 3.29. The van der Waals surface area contributed by atoms with Crippen LogP contribution in [-0.2, 0) is 0 Å². The van der Waals surface area contributed by atoms with Crippen LogP contribution in [0.3, 0.4) is 0 Å². The first-order valence-electron chi connectivity index (χ1n) is 3.96. The van der Waals surface area contributed by atoms with Crippen LogP contribution >= 0.6 is 0 Å². The van der Waals surface area contributed by atoms with E-state index in [1.807, 2.05) is 0 Å². The molecular formula is C9H7N3O2. The highest BCUT2D eigenvalue weighted by molar-refractivity contribution is 5.86. The summed E-state index contributed by atoms with van der Waals surface area (Å²) in [7, 11) is 0. The molecule has 1 N–H and O–H groups in total. The van der Waals surface area contributed by atoms with Crippen molar-refractivity contribution in [2.24, 2.45) is 0 Å².